The fraction of sp³-hybridized carbons (Fsp3) is 0.611. The number of rotatable bonds is 9. The molecule has 1 fully saturated rings. The zero-order valence-electron chi connectivity index (χ0n) is 15.2. The van der Waals surface area contributed by atoms with Crippen molar-refractivity contribution >= 4 is 31.9 Å². The van der Waals surface area contributed by atoms with E-state index >= 15 is 0 Å². The fourth-order valence-electron chi connectivity index (χ4n) is 3.00. The van der Waals surface area contributed by atoms with Gasteiger partial charge in [-0.25, -0.2) is 13.1 Å². The lowest BCUT2D eigenvalue weighted by Crippen LogP contribution is -2.45. The predicted octanol–water partition coefficient (Wildman–Crippen LogP) is 2.50. The summed E-state index contributed by atoms with van der Waals surface area (Å²) in [7, 11) is -3.59. The van der Waals surface area contributed by atoms with Gasteiger partial charge in [0.15, 0.2) is 0 Å². The predicted molar refractivity (Wildman–Crippen MR) is 106 cm³/mol. The summed E-state index contributed by atoms with van der Waals surface area (Å²) < 4.78 is 27.6. The molecule has 0 spiro atoms. The second kappa shape index (κ2) is 10.4. The van der Waals surface area contributed by atoms with Crippen molar-refractivity contribution in [1.82, 2.24) is 14.9 Å². The van der Waals surface area contributed by atoms with Crippen molar-refractivity contribution < 1.29 is 13.2 Å². The number of carbonyl (C=O) groups is 1. The second-order valence-corrected chi connectivity index (χ2v) is 9.32. The maximum absolute atomic E-state index is 12.2. The first kappa shape index (κ1) is 21.3. The third-order valence-corrected chi connectivity index (χ3v) is 6.48. The number of sulfonamides is 1. The van der Waals surface area contributed by atoms with Crippen LogP contribution in [0.1, 0.15) is 39.0 Å². The number of hydrogen-bond acceptors (Lipinski definition) is 4. The quantitative estimate of drug-likeness (QED) is 0.611. The summed E-state index contributed by atoms with van der Waals surface area (Å²) in [5.41, 5.74) is 0. The van der Waals surface area contributed by atoms with Crippen molar-refractivity contribution in [2.75, 3.05) is 26.2 Å². The number of likely N-dealkylation sites (tertiary alicyclic amines) is 1. The molecule has 1 amide bonds. The topological polar surface area (TPSA) is 78.5 Å². The fourth-order valence-corrected chi connectivity index (χ4v) is 4.63. The zero-order chi connectivity index (χ0) is 19.0. The van der Waals surface area contributed by atoms with Gasteiger partial charge >= 0.3 is 0 Å². The van der Waals surface area contributed by atoms with Gasteiger partial charge in [-0.05, 0) is 44.0 Å². The van der Waals surface area contributed by atoms with Crippen LogP contribution in [0.4, 0.5) is 0 Å². The number of piperidine rings is 1. The second-order valence-electron chi connectivity index (χ2n) is 6.64. The highest BCUT2D eigenvalue weighted by Crippen LogP contribution is 2.16. The van der Waals surface area contributed by atoms with E-state index in [4.69, 9.17) is 0 Å². The van der Waals surface area contributed by atoms with E-state index in [-0.39, 0.29) is 29.8 Å². The Labute approximate surface area is 164 Å². The number of nitrogens with one attached hydrogen (secondary N) is 2. The first-order valence-electron chi connectivity index (χ1n) is 9.17. The first-order valence-corrected chi connectivity index (χ1v) is 11.5. The molecule has 1 aliphatic rings. The Morgan fingerprint density at radius 2 is 2.04 bits per heavy atom. The minimum absolute atomic E-state index is 0.0933. The molecular formula is C18H28BrN3O3S. The van der Waals surface area contributed by atoms with Gasteiger partial charge in [-0.3, -0.25) is 4.79 Å². The van der Waals surface area contributed by atoms with Gasteiger partial charge in [-0.2, -0.15) is 0 Å². The average Bonchev–Trinajstić information content (AvgIpc) is 2.61. The monoisotopic (exact) mass is 445 g/mol. The van der Waals surface area contributed by atoms with E-state index in [0.717, 1.165) is 32.5 Å². The van der Waals surface area contributed by atoms with Gasteiger partial charge in [0.2, 0.25) is 15.9 Å². The highest BCUT2D eigenvalue weighted by molar-refractivity contribution is 9.10. The van der Waals surface area contributed by atoms with Crippen LogP contribution in [0.15, 0.2) is 33.6 Å². The summed E-state index contributed by atoms with van der Waals surface area (Å²) in [6.45, 7) is 5.45. The number of amides is 1. The van der Waals surface area contributed by atoms with Crippen molar-refractivity contribution in [2.45, 2.75) is 50.0 Å². The summed E-state index contributed by atoms with van der Waals surface area (Å²) in [6.07, 6.45) is 4.48. The molecule has 1 aliphatic heterocycles. The molecule has 1 aromatic carbocycles. The summed E-state index contributed by atoms with van der Waals surface area (Å²) in [6, 6.07) is 6.69. The van der Waals surface area contributed by atoms with E-state index < -0.39 is 10.0 Å². The van der Waals surface area contributed by atoms with E-state index in [9.17, 15) is 13.2 Å². The molecule has 1 saturated heterocycles. The molecule has 146 valence electrons. The molecule has 0 aliphatic carbocycles. The lowest BCUT2D eigenvalue weighted by molar-refractivity contribution is -0.121. The van der Waals surface area contributed by atoms with Crippen LogP contribution >= 0.6 is 15.9 Å². The van der Waals surface area contributed by atoms with Gasteiger partial charge in [0.05, 0.1) is 4.90 Å². The highest BCUT2D eigenvalue weighted by atomic mass is 79.9. The van der Waals surface area contributed by atoms with Crippen LogP contribution in [0, 0.1) is 0 Å². The number of nitrogens with zero attached hydrogens (tertiary/aromatic N) is 1. The maximum Gasteiger partial charge on any atom is 0.240 e. The number of halogens is 1. The number of unbranched alkanes of at least 4 members (excludes halogenated alkanes) is 1. The van der Waals surface area contributed by atoms with Crippen LogP contribution in [0.25, 0.3) is 0 Å². The molecule has 0 atom stereocenters. The molecule has 2 rings (SSSR count). The SMILES string of the molecule is CCCCN1CCC(NC(=O)CCNS(=O)(=O)c2cccc(Br)c2)CC1. The van der Waals surface area contributed by atoms with Gasteiger partial charge in [0.25, 0.3) is 0 Å². The molecule has 0 unspecified atom stereocenters. The van der Waals surface area contributed by atoms with E-state index in [1.165, 1.54) is 25.0 Å². The van der Waals surface area contributed by atoms with Crippen molar-refractivity contribution in [2.24, 2.45) is 0 Å². The molecule has 0 aromatic heterocycles. The van der Waals surface area contributed by atoms with Crippen LogP contribution in [-0.2, 0) is 14.8 Å². The molecule has 1 aromatic rings. The largest absolute Gasteiger partial charge is 0.353 e. The molecular weight excluding hydrogens is 418 g/mol. The smallest absolute Gasteiger partial charge is 0.240 e. The number of benzene rings is 1. The number of carbonyl (C=O) groups excluding carboxylic acids is 1. The molecule has 0 bridgehead atoms. The Kier molecular flexibility index (Phi) is 8.53. The minimum atomic E-state index is -3.59. The van der Waals surface area contributed by atoms with Crippen LogP contribution in [0.3, 0.4) is 0 Å². The van der Waals surface area contributed by atoms with Crippen molar-refractivity contribution in [1.29, 1.82) is 0 Å². The van der Waals surface area contributed by atoms with Crippen LogP contribution < -0.4 is 10.0 Å². The van der Waals surface area contributed by atoms with Gasteiger partial charge < -0.3 is 10.2 Å². The summed E-state index contributed by atoms with van der Waals surface area (Å²) in [4.78, 5) is 14.7. The van der Waals surface area contributed by atoms with Gasteiger partial charge in [0.1, 0.15) is 0 Å². The highest BCUT2D eigenvalue weighted by Gasteiger charge is 2.20. The summed E-state index contributed by atoms with van der Waals surface area (Å²) in [5, 5.41) is 3.02. The van der Waals surface area contributed by atoms with Crippen LogP contribution in [-0.4, -0.2) is 51.4 Å². The normalized spacial score (nSPS) is 16.5. The maximum atomic E-state index is 12.2. The molecule has 0 saturated carbocycles. The molecule has 0 radical (unpaired) electrons. The molecule has 6 nitrogen and oxygen atoms in total. The number of hydrogen-bond donors (Lipinski definition) is 2. The Morgan fingerprint density at radius 3 is 2.69 bits per heavy atom. The lowest BCUT2D eigenvalue weighted by atomic mass is 10.0. The Hall–Kier alpha value is -0.960. The van der Waals surface area contributed by atoms with Crippen LogP contribution in [0.2, 0.25) is 0 Å². The van der Waals surface area contributed by atoms with E-state index in [0.29, 0.717) is 4.47 Å². The van der Waals surface area contributed by atoms with E-state index in [1.54, 1.807) is 12.1 Å². The Morgan fingerprint density at radius 1 is 1.31 bits per heavy atom. The molecule has 8 heteroatoms. The van der Waals surface area contributed by atoms with Gasteiger partial charge in [0, 0.05) is 36.6 Å². The van der Waals surface area contributed by atoms with Crippen molar-refractivity contribution in [3.05, 3.63) is 28.7 Å². The average molecular weight is 446 g/mol. The molecule has 1 heterocycles. The van der Waals surface area contributed by atoms with Crippen molar-refractivity contribution in [3.63, 3.8) is 0 Å². The van der Waals surface area contributed by atoms with Crippen LogP contribution in [0.5, 0.6) is 0 Å². The third-order valence-electron chi connectivity index (χ3n) is 4.53. The zero-order valence-corrected chi connectivity index (χ0v) is 17.6. The minimum Gasteiger partial charge on any atom is -0.353 e. The Bertz CT molecular complexity index is 689. The van der Waals surface area contributed by atoms with E-state index in [1.807, 2.05) is 0 Å². The standard InChI is InChI=1S/C18H28BrN3O3S/c1-2-3-11-22-12-8-16(9-13-22)21-18(23)7-10-20-26(24,25)17-6-4-5-15(19)14-17/h4-6,14,16,20H,2-3,7-13H2,1H3,(H,21,23). The molecule has 2 N–H and O–H groups in total. The first-order chi connectivity index (χ1) is 12.4. The lowest BCUT2D eigenvalue weighted by Gasteiger charge is -2.32. The Balaban J connectivity index is 1.69. The molecule has 26 heavy (non-hydrogen) atoms. The van der Waals surface area contributed by atoms with Gasteiger partial charge in [-0.1, -0.05) is 35.3 Å². The van der Waals surface area contributed by atoms with Gasteiger partial charge in [-0.15, -0.1) is 0 Å². The van der Waals surface area contributed by atoms with E-state index in [2.05, 4.69) is 37.8 Å². The third kappa shape index (κ3) is 6.98. The summed E-state index contributed by atoms with van der Waals surface area (Å²) >= 11 is 3.26. The summed E-state index contributed by atoms with van der Waals surface area (Å²) in [5.74, 6) is -0.103. The van der Waals surface area contributed by atoms with Crippen molar-refractivity contribution in [3.8, 4) is 0 Å².